The van der Waals surface area contributed by atoms with Gasteiger partial charge in [-0.25, -0.2) is 4.39 Å². The van der Waals surface area contributed by atoms with E-state index in [2.05, 4.69) is 15.9 Å². The standard InChI is InChI=1S/C17H16BrFO/c1-2-15(12-6-4-3-5-7-12)17(20)11-13-10-14(18)8-9-16(13)19/h3-10,15H,2,11H2,1H3. The molecule has 0 aliphatic rings. The number of hydrogen-bond acceptors (Lipinski definition) is 1. The predicted molar refractivity (Wildman–Crippen MR) is 82.3 cm³/mol. The smallest absolute Gasteiger partial charge is 0.144 e. The Morgan fingerprint density at radius 2 is 1.90 bits per heavy atom. The molecule has 2 aromatic rings. The monoisotopic (exact) mass is 334 g/mol. The first-order valence-electron chi connectivity index (χ1n) is 6.63. The number of Topliss-reactive ketones (excluding diaryl/α,β-unsaturated/α-hetero) is 1. The lowest BCUT2D eigenvalue weighted by atomic mass is 9.89. The Morgan fingerprint density at radius 1 is 1.20 bits per heavy atom. The molecule has 0 amide bonds. The molecule has 3 heteroatoms. The second kappa shape index (κ2) is 6.80. The molecule has 0 radical (unpaired) electrons. The van der Waals surface area contributed by atoms with Crippen molar-refractivity contribution in [3.8, 4) is 0 Å². The van der Waals surface area contributed by atoms with Crippen molar-refractivity contribution in [1.29, 1.82) is 0 Å². The van der Waals surface area contributed by atoms with Gasteiger partial charge in [0.1, 0.15) is 11.6 Å². The van der Waals surface area contributed by atoms with Crippen LogP contribution >= 0.6 is 15.9 Å². The Bertz CT molecular complexity index is 595. The topological polar surface area (TPSA) is 17.1 Å². The summed E-state index contributed by atoms with van der Waals surface area (Å²) >= 11 is 3.31. The fraction of sp³-hybridized carbons (Fsp3) is 0.235. The molecule has 20 heavy (non-hydrogen) atoms. The quantitative estimate of drug-likeness (QED) is 0.760. The second-order valence-electron chi connectivity index (χ2n) is 4.75. The third-order valence-electron chi connectivity index (χ3n) is 3.37. The van der Waals surface area contributed by atoms with Crippen molar-refractivity contribution in [2.75, 3.05) is 0 Å². The minimum atomic E-state index is -0.329. The van der Waals surface area contributed by atoms with Crippen LogP contribution in [0.2, 0.25) is 0 Å². The van der Waals surface area contributed by atoms with Gasteiger partial charge in [-0.1, -0.05) is 53.2 Å². The molecule has 1 atom stereocenters. The molecule has 1 unspecified atom stereocenters. The van der Waals surface area contributed by atoms with Gasteiger partial charge >= 0.3 is 0 Å². The molecule has 1 nitrogen and oxygen atoms in total. The first kappa shape index (κ1) is 14.9. The Kier molecular flexibility index (Phi) is 5.07. The molecule has 104 valence electrons. The molecule has 0 fully saturated rings. The van der Waals surface area contributed by atoms with Crippen LogP contribution in [0, 0.1) is 5.82 Å². The van der Waals surface area contributed by atoms with E-state index in [-0.39, 0.29) is 23.9 Å². The molecule has 0 saturated carbocycles. The third-order valence-corrected chi connectivity index (χ3v) is 3.86. The SMILES string of the molecule is CCC(C(=O)Cc1cc(Br)ccc1F)c1ccccc1. The zero-order chi connectivity index (χ0) is 14.5. The van der Waals surface area contributed by atoms with Crippen molar-refractivity contribution in [1.82, 2.24) is 0 Å². The normalized spacial score (nSPS) is 12.2. The third kappa shape index (κ3) is 3.54. The maximum absolute atomic E-state index is 13.7. The van der Waals surface area contributed by atoms with Crippen LogP contribution in [-0.4, -0.2) is 5.78 Å². The van der Waals surface area contributed by atoms with Crippen LogP contribution in [0.5, 0.6) is 0 Å². The number of carbonyl (C=O) groups is 1. The molecule has 0 aliphatic carbocycles. The molecular weight excluding hydrogens is 319 g/mol. The van der Waals surface area contributed by atoms with Crippen LogP contribution in [0.1, 0.15) is 30.4 Å². The summed E-state index contributed by atoms with van der Waals surface area (Å²) in [5.41, 5.74) is 1.44. The predicted octanol–water partition coefficient (Wildman–Crippen LogP) is 4.89. The summed E-state index contributed by atoms with van der Waals surface area (Å²) < 4.78 is 14.5. The average Bonchev–Trinajstić information content (AvgIpc) is 2.45. The lowest BCUT2D eigenvalue weighted by molar-refractivity contribution is -0.120. The van der Waals surface area contributed by atoms with E-state index < -0.39 is 0 Å². The Hall–Kier alpha value is -1.48. The summed E-state index contributed by atoms with van der Waals surface area (Å²) in [7, 11) is 0. The van der Waals surface area contributed by atoms with Crippen molar-refractivity contribution in [2.45, 2.75) is 25.7 Å². The van der Waals surface area contributed by atoms with Crippen LogP contribution in [-0.2, 0) is 11.2 Å². The van der Waals surface area contributed by atoms with Crippen LogP contribution in [0.3, 0.4) is 0 Å². The van der Waals surface area contributed by atoms with Crippen LogP contribution in [0.15, 0.2) is 53.0 Å². The fourth-order valence-corrected chi connectivity index (χ4v) is 2.73. The minimum absolute atomic E-state index is 0.0516. The first-order valence-corrected chi connectivity index (χ1v) is 7.42. The highest BCUT2D eigenvalue weighted by Crippen LogP contribution is 2.24. The minimum Gasteiger partial charge on any atom is -0.299 e. The van der Waals surface area contributed by atoms with Gasteiger partial charge in [-0.05, 0) is 35.7 Å². The van der Waals surface area contributed by atoms with Gasteiger partial charge in [0, 0.05) is 16.8 Å². The van der Waals surface area contributed by atoms with Crippen molar-refractivity contribution < 1.29 is 9.18 Å². The number of halogens is 2. The van der Waals surface area contributed by atoms with Gasteiger partial charge in [-0.2, -0.15) is 0 Å². The van der Waals surface area contributed by atoms with E-state index in [9.17, 15) is 9.18 Å². The van der Waals surface area contributed by atoms with Gasteiger partial charge in [0.05, 0.1) is 0 Å². The summed E-state index contributed by atoms with van der Waals surface area (Å²) in [5, 5.41) is 0. The van der Waals surface area contributed by atoms with Crippen LogP contribution in [0.25, 0.3) is 0 Å². The molecule has 0 aromatic heterocycles. The second-order valence-corrected chi connectivity index (χ2v) is 5.67. The zero-order valence-electron chi connectivity index (χ0n) is 11.3. The number of hydrogen-bond donors (Lipinski definition) is 0. The summed E-state index contributed by atoms with van der Waals surface area (Å²) in [5.74, 6) is -0.449. The van der Waals surface area contributed by atoms with Crippen molar-refractivity contribution in [2.24, 2.45) is 0 Å². The van der Waals surface area contributed by atoms with E-state index in [4.69, 9.17) is 0 Å². The van der Waals surface area contributed by atoms with E-state index in [1.54, 1.807) is 12.1 Å². The van der Waals surface area contributed by atoms with Gasteiger partial charge in [-0.15, -0.1) is 0 Å². The molecule has 0 saturated heterocycles. The van der Waals surface area contributed by atoms with E-state index >= 15 is 0 Å². The average molecular weight is 335 g/mol. The van der Waals surface area contributed by atoms with Crippen molar-refractivity contribution >= 4 is 21.7 Å². The number of rotatable bonds is 5. The maximum Gasteiger partial charge on any atom is 0.144 e. The number of ketones is 1. The van der Waals surface area contributed by atoms with Crippen LogP contribution < -0.4 is 0 Å². The molecular formula is C17H16BrFO. The van der Waals surface area contributed by atoms with Crippen molar-refractivity contribution in [3.63, 3.8) is 0 Å². The lowest BCUT2D eigenvalue weighted by Crippen LogP contribution is -2.15. The van der Waals surface area contributed by atoms with Gasteiger partial charge in [-0.3, -0.25) is 4.79 Å². The fourth-order valence-electron chi connectivity index (χ4n) is 2.32. The lowest BCUT2D eigenvalue weighted by Gasteiger charge is -2.14. The zero-order valence-corrected chi connectivity index (χ0v) is 12.9. The molecule has 2 aromatic carbocycles. The highest BCUT2D eigenvalue weighted by atomic mass is 79.9. The highest BCUT2D eigenvalue weighted by molar-refractivity contribution is 9.10. The van der Waals surface area contributed by atoms with E-state index in [1.165, 1.54) is 6.07 Å². The molecule has 2 rings (SSSR count). The van der Waals surface area contributed by atoms with Crippen molar-refractivity contribution in [3.05, 3.63) is 69.9 Å². The first-order chi connectivity index (χ1) is 9.61. The van der Waals surface area contributed by atoms with E-state index in [1.807, 2.05) is 37.3 Å². The van der Waals surface area contributed by atoms with E-state index in [0.29, 0.717) is 5.56 Å². The molecule has 0 spiro atoms. The largest absolute Gasteiger partial charge is 0.299 e. The van der Waals surface area contributed by atoms with Crippen LogP contribution in [0.4, 0.5) is 4.39 Å². The summed E-state index contributed by atoms with van der Waals surface area (Å²) in [4.78, 5) is 12.4. The number of carbonyl (C=O) groups excluding carboxylic acids is 1. The number of benzene rings is 2. The molecule has 0 aliphatic heterocycles. The molecule has 0 bridgehead atoms. The van der Waals surface area contributed by atoms with Gasteiger partial charge in [0.25, 0.3) is 0 Å². The molecule has 0 heterocycles. The van der Waals surface area contributed by atoms with Gasteiger partial charge in [0.2, 0.25) is 0 Å². The van der Waals surface area contributed by atoms with E-state index in [0.717, 1.165) is 16.5 Å². The maximum atomic E-state index is 13.7. The highest BCUT2D eigenvalue weighted by Gasteiger charge is 2.19. The van der Waals surface area contributed by atoms with Gasteiger partial charge < -0.3 is 0 Å². The Morgan fingerprint density at radius 3 is 2.55 bits per heavy atom. The van der Waals surface area contributed by atoms with Gasteiger partial charge in [0.15, 0.2) is 0 Å². The molecule has 0 N–H and O–H groups in total. The summed E-state index contributed by atoms with van der Waals surface area (Å²) in [6, 6.07) is 14.4. The summed E-state index contributed by atoms with van der Waals surface area (Å²) in [6.07, 6.45) is 0.844. The Labute approximate surface area is 127 Å². The summed E-state index contributed by atoms with van der Waals surface area (Å²) in [6.45, 7) is 1.98. The Balaban J connectivity index is 2.20.